The highest BCUT2D eigenvalue weighted by molar-refractivity contribution is 7.16. The summed E-state index contributed by atoms with van der Waals surface area (Å²) in [5.41, 5.74) is 4.11. The third-order valence-corrected chi connectivity index (χ3v) is 4.82. The zero-order valence-electron chi connectivity index (χ0n) is 13.5. The largest absolute Gasteiger partial charge is 0.312 e. The van der Waals surface area contributed by atoms with E-state index in [1.54, 1.807) is 0 Å². The van der Waals surface area contributed by atoms with Gasteiger partial charge in [0, 0.05) is 36.0 Å². The van der Waals surface area contributed by atoms with E-state index < -0.39 is 0 Å². The van der Waals surface area contributed by atoms with Crippen molar-refractivity contribution < 1.29 is 9.59 Å². The first-order valence-corrected chi connectivity index (χ1v) is 8.50. The van der Waals surface area contributed by atoms with Gasteiger partial charge in [-0.3, -0.25) is 9.59 Å². The number of anilines is 2. The van der Waals surface area contributed by atoms with E-state index in [1.807, 2.05) is 30.9 Å². The first-order valence-electron chi connectivity index (χ1n) is 7.68. The van der Waals surface area contributed by atoms with Gasteiger partial charge in [-0.05, 0) is 31.0 Å². The topological polar surface area (TPSA) is 62.3 Å². The summed E-state index contributed by atoms with van der Waals surface area (Å²) < 4.78 is 0. The SMILES string of the molecule is CCC(=O)N1CCc2cc(-c3nc(NC(C)=O)sc3C)ccc21. The van der Waals surface area contributed by atoms with Gasteiger partial charge < -0.3 is 10.2 Å². The number of nitrogens with one attached hydrogen (secondary N) is 1. The fourth-order valence-electron chi connectivity index (χ4n) is 2.87. The number of aromatic nitrogens is 1. The maximum atomic E-state index is 12.0. The average molecular weight is 329 g/mol. The molecule has 1 aliphatic rings. The molecule has 0 atom stereocenters. The lowest BCUT2D eigenvalue weighted by Crippen LogP contribution is -2.27. The van der Waals surface area contributed by atoms with Crippen molar-refractivity contribution in [1.29, 1.82) is 0 Å². The molecule has 0 radical (unpaired) electrons. The molecule has 3 rings (SSSR count). The van der Waals surface area contributed by atoms with Crippen LogP contribution in [-0.4, -0.2) is 23.3 Å². The van der Waals surface area contributed by atoms with Crippen LogP contribution in [0, 0.1) is 6.92 Å². The third-order valence-electron chi connectivity index (χ3n) is 3.93. The number of hydrogen-bond donors (Lipinski definition) is 1. The highest BCUT2D eigenvalue weighted by Crippen LogP contribution is 2.35. The molecule has 0 saturated carbocycles. The zero-order chi connectivity index (χ0) is 16.6. The number of benzene rings is 1. The van der Waals surface area contributed by atoms with E-state index in [0.717, 1.165) is 34.8 Å². The maximum absolute atomic E-state index is 12.0. The van der Waals surface area contributed by atoms with Crippen LogP contribution < -0.4 is 10.2 Å². The van der Waals surface area contributed by atoms with Gasteiger partial charge in [-0.1, -0.05) is 13.0 Å². The van der Waals surface area contributed by atoms with Crippen LogP contribution in [-0.2, 0) is 16.0 Å². The monoisotopic (exact) mass is 329 g/mol. The van der Waals surface area contributed by atoms with Crippen molar-refractivity contribution in [2.75, 3.05) is 16.8 Å². The summed E-state index contributed by atoms with van der Waals surface area (Å²) in [5, 5.41) is 3.35. The number of rotatable bonds is 3. The molecular weight excluding hydrogens is 310 g/mol. The Morgan fingerprint density at radius 1 is 1.39 bits per heavy atom. The van der Waals surface area contributed by atoms with Crippen LogP contribution in [0.3, 0.4) is 0 Å². The third kappa shape index (κ3) is 2.99. The number of carbonyl (C=O) groups excluding carboxylic acids is 2. The standard InChI is InChI=1S/C17H19N3O2S/c1-4-15(22)20-8-7-12-9-13(5-6-14(12)20)16-10(2)23-17(19-16)18-11(3)21/h5-6,9H,4,7-8H2,1-3H3,(H,18,19,21). The Labute approximate surface area is 139 Å². The van der Waals surface area contributed by atoms with Gasteiger partial charge in [-0.15, -0.1) is 11.3 Å². The number of nitrogens with zero attached hydrogens (tertiary/aromatic N) is 2. The van der Waals surface area contributed by atoms with E-state index in [-0.39, 0.29) is 11.8 Å². The minimum atomic E-state index is -0.118. The van der Waals surface area contributed by atoms with Crippen LogP contribution in [0.1, 0.15) is 30.7 Å². The molecule has 0 aliphatic carbocycles. The normalized spacial score (nSPS) is 13.1. The highest BCUT2D eigenvalue weighted by atomic mass is 32.1. The number of thiazole rings is 1. The Kier molecular flexibility index (Phi) is 4.17. The lowest BCUT2D eigenvalue weighted by molar-refractivity contribution is -0.118. The molecule has 23 heavy (non-hydrogen) atoms. The van der Waals surface area contributed by atoms with Crippen LogP contribution in [0.15, 0.2) is 18.2 Å². The number of hydrogen-bond acceptors (Lipinski definition) is 4. The van der Waals surface area contributed by atoms with Crippen LogP contribution >= 0.6 is 11.3 Å². The highest BCUT2D eigenvalue weighted by Gasteiger charge is 2.24. The summed E-state index contributed by atoms with van der Waals surface area (Å²) in [7, 11) is 0. The van der Waals surface area contributed by atoms with Gasteiger partial charge in [-0.2, -0.15) is 0 Å². The molecule has 2 amide bonds. The van der Waals surface area contributed by atoms with E-state index in [0.29, 0.717) is 11.6 Å². The molecule has 0 saturated heterocycles. The molecule has 120 valence electrons. The van der Waals surface area contributed by atoms with Crippen molar-refractivity contribution in [3.63, 3.8) is 0 Å². The fourth-order valence-corrected chi connectivity index (χ4v) is 3.75. The van der Waals surface area contributed by atoms with Crippen molar-refractivity contribution in [1.82, 2.24) is 4.98 Å². The molecule has 1 aromatic heterocycles. The Morgan fingerprint density at radius 3 is 2.87 bits per heavy atom. The van der Waals surface area contributed by atoms with E-state index in [2.05, 4.69) is 16.4 Å². The molecule has 1 N–H and O–H groups in total. The Balaban J connectivity index is 1.93. The average Bonchev–Trinajstić information content (AvgIpc) is 3.08. The fraction of sp³-hybridized carbons (Fsp3) is 0.353. The van der Waals surface area contributed by atoms with Gasteiger partial charge in [-0.25, -0.2) is 4.98 Å². The van der Waals surface area contributed by atoms with Gasteiger partial charge in [0.25, 0.3) is 0 Å². The number of amides is 2. The lowest BCUT2D eigenvalue weighted by Gasteiger charge is -2.16. The molecule has 0 spiro atoms. The van der Waals surface area contributed by atoms with E-state index in [1.165, 1.54) is 23.8 Å². The van der Waals surface area contributed by atoms with Crippen LogP contribution in [0.2, 0.25) is 0 Å². The molecule has 1 aliphatic heterocycles. The van der Waals surface area contributed by atoms with Crippen LogP contribution in [0.25, 0.3) is 11.3 Å². The molecule has 0 fully saturated rings. The Morgan fingerprint density at radius 2 is 2.17 bits per heavy atom. The van der Waals surface area contributed by atoms with Crippen LogP contribution in [0.5, 0.6) is 0 Å². The summed E-state index contributed by atoms with van der Waals surface area (Å²) in [6.45, 7) is 6.11. The molecule has 0 unspecified atom stereocenters. The van der Waals surface area contributed by atoms with Crippen LogP contribution in [0.4, 0.5) is 10.8 Å². The van der Waals surface area contributed by atoms with Crippen molar-refractivity contribution in [2.24, 2.45) is 0 Å². The Hall–Kier alpha value is -2.21. The number of carbonyl (C=O) groups is 2. The minimum Gasteiger partial charge on any atom is -0.312 e. The van der Waals surface area contributed by atoms with Gasteiger partial charge in [0.2, 0.25) is 11.8 Å². The first-order chi connectivity index (χ1) is 11.0. The second kappa shape index (κ2) is 6.12. The van der Waals surface area contributed by atoms with Crippen molar-refractivity contribution in [3.05, 3.63) is 28.6 Å². The number of fused-ring (bicyclic) bond motifs is 1. The summed E-state index contributed by atoms with van der Waals surface area (Å²) >= 11 is 1.47. The summed E-state index contributed by atoms with van der Waals surface area (Å²) in [4.78, 5) is 30.6. The van der Waals surface area contributed by atoms with Gasteiger partial charge in [0.1, 0.15) is 0 Å². The second-order valence-electron chi connectivity index (χ2n) is 5.60. The van der Waals surface area contributed by atoms with Crippen molar-refractivity contribution in [3.8, 4) is 11.3 Å². The predicted molar refractivity (Wildman–Crippen MR) is 92.9 cm³/mol. The second-order valence-corrected chi connectivity index (χ2v) is 6.80. The summed E-state index contributed by atoms with van der Waals surface area (Å²) in [6, 6.07) is 6.11. The van der Waals surface area contributed by atoms with E-state index in [4.69, 9.17) is 0 Å². The zero-order valence-corrected chi connectivity index (χ0v) is 14.3. The predicted octanol–water partition coefficient (Wildman–Crippen LogP) is 3.38. The molecule has 1 aromatic carbocycles. The molecule has 0 bridgehead atoms. The van der Waals surface area contributed by atoms with E-state index >= 15 is 0 Å². The maximum Gasteiger partial charge on any atom is 0.226 e. The molecule has 5 nitrogen and oxygen atoms in total. The smallest absolute Gasteiger partial charge is 0.226 e. The first kappa shape index (κ1) is 15.7. The minimum absolute atomic E-state index is 0.118. The Bertz CT molecular complexity index is 782. The molecule has 2 heterocycles. The van der Waals surface area contributed by atoms with Gasteiger partial charge >= 0.3 is 0 Å². The summed E-state index contributed by atoms with van der Waals surface area (Å²) in [6.07, 6.45) is 1.39. The molecular formula is C17H19N3O2S. The molecule has 6 heteroatoms. The van der Waals surface area contributed by atoms with Gasteiger partial charge in [0.05, 0.1) is 5.69 Å². The van der Waals surface area contributed by atoms with Gasteiger partial charge in [0.15, 0.2) is 5.13 Å². The van der Waals surface area contributed by atoms with E-state index in [9.17, 15) is 9.59 Å². The summed E-state index contributed by atoms with van der Waals surface area (Å²) in [5.74, 6) is 0.0438. The van der Waals surface area contributed by atoms with Crippen molar-refractivity contribution in [2.45, 2.75) is 33.6 Å². The number of aryl methyl sites for hydroxylation is 1. The lowest BCUT2D eigenvalue weighted by atomic mass is 10.1. The quantitative estimate of drug-likeness (QED) is 0.939. The molecule has 2 aromatic rings. The van der Waals surface area contributed by atoms with Crippen molar-refractivity contribution >= 4 is 34.0 Å².